The summed E-state index contributed by atoms with van der Waals surface area (Å²) in [5.41, 5.74) is 13.9. The molecular weight excluding hydrogens is 443 g/mol. The van der Waals surface area contributed by atoms with Crippen LogP contribution in [0, 0.1) is 5.82 Å². The average molecular weight is 469 g/mol. The first kappa shape index (κ1) is 23.2. The summed E-state index contributed by atoms with van der Waals surface area (Å²) in [4.78, 5) is 12.2. The Morgan fingerprint density at radius 1 is 1.15 bits per heavy atom. The molecule has 1 heterocycles. The van der Waals surface area contributed by atoms with Gasteiger partial charge >= 0.3 is 0 Å². The molecule has 0 saturated carbocycles. The van der Waals surface area contributed by atoms with Crippen molar-refractivity contribution in [3.63, 3.8) is 0 Å². The van der Waals surface area contributed by atoms with Crippen LogP contribution in [0.25, 0.3) is 11.1 Å². The minimum absolute atomic E-state index is 0.0167. The molecule has 1 aliphatic rings. The van der Waals surface area contributed by atoms with Crippen molar-refractivity contribution in [1.29, 1.82) is 0 Å². The first-order chi connectivity index (χ1) is 16.0. The fourth-order valence-electron chi connectivity index (χ4n) is 4.20. The number of rotatable bonds is 8. The molecule has 4 N–H and O–H groups in total. The number of ether oxygens (including phenoxy) is 2. The number of benzene rings is 3. The van der Waals surface area contributed by atoms with Crippen LogP contribution in [0.2, 0.25) is 5.02 Å². The maximum atomic E-state index is 15.7. The second-order valence-electron chi connectivity index (χ2n) is 8.05. The third-order valence-corrected chi connectivity index (χ3v) is 6.25. The summed E-state index contributed by atoms with van der Waals surface area (Å²) in [6, 6.07) is 18.0. The van der Waals surface area contributed by atoms with Gasteiger partial charge < -0.3 is 20.9 Å². The summed E-state index contributed by atoms with van der Waals surface area (Å²) >= 11 is 6.50. The molecule has 3 aromatic rings. The predicted molar refractivity (Wildman–Crippen MR) is 127 cm³/mol. The molecule has 33 heavy (non-hydrogen) atoms. The van der Waals surface area contributed by atoms with Gasteiger partial charge in [0.2, 0.25) is 5.91 Å². The molecule has 1 aliphatic heterocycles. The number of nitrogens with two attached hydrogens (primary N) is 2. The van der Waals surface area contributed by atoms with Gasteiger partial charge in [-0.25, -0.2) is 4.39 Å². The van der Waals surface area contributed by atoms with Crippen LogP contribution < -0.4 is 16.2 Å². The van der Waals surface area contributed by atoms with Crippen LogP contribution in [0.4, 0.5) is 4.39 Å². The largest absolute Gasteiger partial charge is 0.488 e. The molecule has 4 rings (SSSR count). The van der Waals surface area contributed by atoms with Crippen LogP contribution in [0.3, 0.4) is 0 Å². The lowest BCUT2D eigenvalue weighted by Crippen LogP contribution is -2.18. The van der Waals surface area contributed by atoms with Crippen molar-refractivity contribution in [2.24, 2.45) is 11.5 Å². The molecule has 1 saturated heterocycles. The number of carbonyl (C=O) groups is 1. The fraction of sp³-hybridized carbons (Fsp3) is 0.269. The van der Waals surface area contributed by atoms with Gasteiger partial charge in [0.25, 0.3) is 0 Å². The second kappa shape index (κ2) is 10.3. The van der Waals surface area contributed by atoms with Crippen LogP contribution in [0.5, 0.6) is 5.75 Å². The van der Waals surface area contributed by atoms with E-state index in [4.69, 9.17) is 32.5 Å². The predicted octanol–water partition coefficient (Wildman–Crippen LogP) is 4.89. The third kappa shape index (κ3) is 5.03. The lowest BCUT2D eigenvalue weighted by Gasteiger charge is -2.19. The van der Waals surface area contributed by atoms with Gasteiger partial charge in [0.1, 0.15) is 6.61 Å². The number of hydrogen-bond acceptors (Lipinski definition) is 4. The first-order valence-electron chi connectivity index (χ1n) is 10.9. The number of primary amides is 1. The van der Waals surface area contributed by atoms with Crippen molar-refractivity contribution in [3.8, 4) is 16.9 Å². The number of carbonyl (C=O) groups excluding carboxylic acids is 1. The Bertz CT molecular complexity index is 1130. The number of amides is 1. The second-order valence-corrected chi connectivity index (χ2v) is 8.46. The Labute approximate surface area is 197 Å². The smallest absolute Gasteiger partial charge is 0.249 e. The molecule has 3 aromatic carbocycles. The monoisotopic (exact) mass is 468 g/mol. The van der Waals surface area contributed by atoms with E-state index in [1.54, 1.807) is 12.1 Å². The summed E-state index contributed by atoms with van der Waals surface area (Å²) in [5.74, 6) is -1.55. The van der Waals surface area contributed by atoms with E-state index < -0.39 is 11.7 Å². The van der Waals surface area contributed by atoms with Gasteiger partial charge in [-0.2, -0.15) is 0 Å². The molecule has 0 spiro atoms. The first-order valence-corrected chi connectivity index (χ1v) is 11.3. The highest BCUT2D eigenvalue weighted by molar-refractivity contribution is 6.33. The lowest BCUT2D eigenvalue weighted by atomic mass is 9.88. The standard InChI is InChI=1S/C26H26ClFN2O3/c27-22-10-8-17(21(14-29)16-5-2-1-3-6-16)13-20(22)24-19(26(30)31)9-11-23(25(24)28)33-15-18-7-4-12-32-18/h1-3,5-6,8-11,13,18,21H,4,7,12,14-15,29H2,(H2,30,31)/t18-,21?/m0/s1. The average Bonchev–Trinajstić information content (AvgIpc) is 3.34. The van der Waals surface area contributed by atoms with Gasteiger partial charge in [0.05, 0.1) is 11.7 Å². The van der Waals surface area contributed by atoms with Crippen molar-refractivity contribution in [2.75, 3.05) is 19.8 Å². The summed E-state index contributed by atoms with van der Waals surface area (Å²) in [5, 5.41) is 0.292. The Kier molecular flexibility index (Phi) is 7.28. The molecule has 172 valence electrons. The molecule has 1 unspecified atom stereocenters. The molecular formula is C26H26ClFN2O3. The third-order valence-electron chi connectivity index (χ3n) is 5.92. The number of halogens is 2. The molecule has 5 nitrogen and oxygen atoms in total. The zero-order valence-electron chi connectivity index (χ0n) is 18.1. The molecule has 0 aromatic heterocycles. The highest BCUT2D eigenvalue weighted by Gasteiger charge is 2.24. The molecule has 0 radical (unpaired) electrons. The van der Waals surface area contributed by atoms with Crippen LogP contribution in [0.1, 0.15) is 40.2 Å². The number of hydrogen-bond donors (Lipinski definition) is 2. The van der Waals surface area contributed by atoms with Crippen molar-refractivity contribution in [1.82, 2.24) is 0 Å². The van der Waals surface area contributed by atoms with E-state index in [0.717, 1.165) is 24.0 Å². The minimum atomic E-state index is -0.755. The van der Waals surface area contributed by atoms with Gasteiger partial charge in [-0.15, -0.1) is 0 Å². The van der Waals surface area contributed by atoms with Crippen molar-refractivity contribution >= 4 is 17.5 Å². The Morgan fingerprint density at radius 3 is 2.61 bits per heavy atom. The molecule has 1 fully saturated rings. The highest BCUT2D eigenvalue weighted by atomic mass is 35.5. The van der Waals surface area contributed by atoms with Crippen LogP contribution in [-0.4, -0.2) is 31.8 Å². The van der Waals surface area contributed by atoms with Gasteiger partial charge in [-0.3, -0.25) is 4.79 Å². The molecule has 2 atom stereocenters. The minimum Gasteiger partial charge on any atom is -0.488 e. The zero-order valence-corrected chi connectivity index (χ0v) is 18.9. The van der Waals surface area contributed by atoms with E-state index >= 15 is 4.39 Å². The van der Waals surface area contributed by atoms with Gasteiger partial charge in [0.15, 0.2) is 11.6 Å². The van der Waals surface area contributed by atoms with E-state index in [9.17, 15) is 4.79 Å². The van der Waals surface area contributed by atoms with Crippen molar-refractivity contribution in [2.45, 2.75) is 24.9 Å². The molecule has 7 heteroatoms. The summed E-state index contributed by atoms with van der Waals surface area (Å²) in [6.07, 6.45) is 1.74. The fourth-order valence-corrected chi connectivity index (χ4v) is 4.41. The molecule has 0 aliphatic carbocycles. The zero-order chi connectivity index (χ0) is 23.4. The lowest BCUT2D eigenvalue weighted by molar-refractivity contribution is 0.0666. The maximum absolute atomic E-state index is 15.7. The summed E-state index contributed by atoms with van der Waals surface area (Å²) in [6.45, 7) is 1.25. The van der Waals surface area contributed by atoms with E-state index in [-0.39, 0.29) is 35.5 Å². The van der Waals surface area contributed by atoms with Gasteiger partial charge in [0, 0.05) is 35.2 Å². The Morgan fingerprint density at radius 2 is 1.94 bits per heavy atom. The molecule has 1 amide bonds. The van der Waals surface area contributed by atoms with Gasteiger partial charge in [-0.1, -0.05) is 48.0 Å². The van der Waals surface area contributed by atoms with Gasteiger partial charge in [-0.05, 0) is 48.2 Å². The van der Waals surface area contributed by atoms with E-state index in [2.05, 4.69) is 0 Å². The molecule has 0 bridgehead atoms. The normalized spacial score (nSPS) is 16.5. The van der Waals surface area contributed by atoms with E-state index in [1.165, 1.54) is 12.1 Å². The topological polar surface area (TPSA) is 87.6 Å². The van der Waals surface area contributed by atoms with Crippen LogP contribution in [0.15, 0.2) is 60.7 Å². The van der Waals surface area contributed by atoms with Crippen molar-refractivity contribution < 1.29 is 18.7 Å². The quantitative estimate of drug-likeness (QED) is 0.492. The maximum Gasteiger partial charge on any atom is 0.249 e. The van der Waals surface area contributed by atoms with E-state index in [1.807, 2.05) is 36.4 Å². The van der Waals surface area contributed by atoms with Crippen molar-refractivity contribution in [3.05, 3.63) is 88.2 Å². The highest BCUT2D eigenvalue weighted by Crippen LogP contribution is 2.39. The van der Waals surface area contributed by atoms with Crippen LogP contribution in [-0.2, 0) is 4.74 Å². The Hall–Kier alpha value is -2.93. The van der Waals surface area contributed by atoms with E-state index in [0.29, 0.717) is 23.7 Å². The van der Waals surface area contributed by atoms with Crippen LogP contribution >= 0.6 is 11.6 Å². The summed E-state index contributed by atoms with van der Waals surface area (Å²) in [7, 11) is 0. The SMILES string of the molecule is NCC(c1ccccc1)c1ccc(Cl)c(-c2c(C(N)=O)ccc(OC[C@@H]3CCCO3)c2F)c1. The summed E-state index contributed by atoms with van der Waals surface area (Å²) < 4.78 is 27.0. The Balaban J connectivity index is 1.77.